The third kappa shape index (κ3) is 3.01. The minimum absolute atomic E-state index is 0.287. The molecule has 2 nitrogen and oxygen atoms in total. The molecule has 3 atom stereocenters. The van der Waals surface area contributed by atoms with Crippen LogP contribution in [0.15, 0.2) is 24.3 Å². The van der Waals surface area contributed by atoms with Gasteiger partial charge in [0.1, 0.15) is 11.9 Å². The monoisotopic (exact) mass is 246 g/mol. The van der Waals surface area contributed by atoms with Crippen LogP contribution >= 0.6 is 0 Å². The summed E-state index contributed by atoms with van der Waals surface area (Å²) in [5.41, 5.74) is 0.433. The van der Waals surface area contributed by atoms with Gasteiger partial charge in [-0.2, -0.15) is 5.26 Å². The number of rotatable bonds is 3. The van der Waals surface area contributed by atoms with Crippen molar-refractivity contribution in [1.82, 2.24) is 0 Å². The maximum atomic E-state index is 13.6. The molecule has 0 heterocycles. The van der Waals surface area contributed by atoms with E-state index in [2.05, 4.69) is 18.3 Å². The maximum Gasteiger partial charge on any atom is 0.146 e. The lowest BCUT2D eigenvalue weighted by Crippen LogP contribution is -2.31. The van der Waals surface area contributed by atoms with E-state index in [1.54, 1.807) is 18.2 Å². The lowest BCUT2D eigenvalue weighted by atomic mass is 9.79. The van der Waals surface area contributed by atoms with Crippen LogP contribution in [0.2, 0.25) is 0 Å². The van der Waals surface area contributed by atoms with Gasteiger partial charge in [-0.15, -0.1) is 0 Å². The third-order valence-electron chi connectivity index (χ3n) is 3.77. The Balaban J connectivity index is 2.06. The fourth-order valence-corrected chi connectivity index (χ4v) is 2.79. The lowest BCUT2D eigenvalue weighted by molar-refractivity contribution is 0.274. The van der Waals surface area contributed by atoms with Gasteiger partial charge in [-0.25, -0.2) is 4.39 Å². The van der Waals surface area contributed by atoms with E-state index in [-0.39, 0.29) is 11.9 Å². The van der Waals surface area contributed by atoms with Crippen LogP contribution < -0.4 is 5.32 Å². The molecule has 0 aromatic heterocycles. The first-order chi connectivity index (χ1) is 8.70. The molecule has 0 saturated heterocycles. The van der Waals surface area contributed by atoms with Crippen molar-refractivity contribution < 1.29 is 4.39 Å². The second-order valence-electron chi connectivity index (χ2n) is 5.26. The predicted molar refractivity (Wildman–Crippen MR) is 70.5 cm³/mol. The molecule has 1 aromatic rings. The van der Waals surface area contributed by atoms with Crippen molar-refractivity contribution in [2.24, 2.45) is 11.8 Å². The molecule has 1 aromatic carbocycles. The maximum absolute atomic E-state index is 13.6. The van der Waals surface area contributed by atoms with Crippen LogP contribution in [0.1, 0.15) is 32.6 Å². The largest absolute Gasteiger partial charge is 0.367 e. The van der Waals surface area contributed by atoms with Gasteiger partial charge in [0.25, 0.3) is 0 Å². The Kier molecular flexibility index (Phi) is 4.19. The van der Waals surface area contributed by atoms with Crippen molar-refractivity contribution in [3.8, 4) is 6.07 Å². The van der Waals surface area contributed by atoms with E-state index >= 15 is 0 Å². The van der Waals surface area contributed by atoms with Crippen LogP contribution in [-0.2, 0) is 0 Å². The van der Waals surface area contributed by atoms with Crippen LogP contribution in [0.5, 0.6) is 0 Å². The van der Waals surface area contributed by atoms with Crippen molar-refractivity contribution >= 4 is 5.69 Å². The molecule has 18 heavy (non-hydrogen) atoms. The van der Waals surface area contributed by atoms with Crippen LogP contribution in [0.3, 0.4) is 0 Å². The molecule has 0 spiro atoms. The van der Waals surface area contributed by atoms with Crippen LogP contribution in [0.25, 0.3) is 0 Å². The average molecular weight is 246 g/mol. The molecule has 1 saturated carbocycles. The van der Waals surface area contributed by atoms with E-state index in [1.807, 2.05) is 0 Å². The first-order valence-corrected chi connectivity index (χ1v) is 6.61. The standard InChI is InChI=1S/C15H19FN2/c1-11-5-4-6-12(9-11)15(10-17)18-14-8-3-2-7-13(14)16/h2-3,7-8,11-12,15,18H,4-6,9H2,1H3. The summed E-state index contributed by atoms with van der Waals surface area (Å²) in [6.07, 6.45) is 4.53. The molecule has 1 aliphatic carbocycles. The molecule has 1 aliphatic rings. The second kappa shape index (κ2) is 5.86. The number of anilines is 1. The van der Waals surface area contributed by atoms with Gasteiger partial charge in [0.05, 0.1) is 11.8 Å². The summed E-state index contributed by atoms with van der Waals surface area (Å²) >= 11 is 0. The molecule has 3 unspecified atom stereocenters. The first-order valence-electron chi connectivity index (χ1n) is 6.61. The molecule has 1 N–H and O–H groups in total. The van der Waals surface area contributed by atoms with Crippen LogP contribution in [0.4, 0.5) is 10.1 Å². The van der Waals surface area contributed by atoms with Crippen molar-refractivity contribution in [1.29, 1.82) is 5.26 Å². The number of hydrogen-bond acceptors (Lipinski definition) is 2. The van der Waals surface area contributed by atoms with Gasteiger partial charge in [-0.05, 0) is 36.8 Å². The van der Waals surface area contributed by atoms with Crippen LogP contribution in [-0.4, -0.2) is 6.04 Å². The molecule has 0 bridgehead atoms. The Hall–Kier alpha value is -1.56. The number of nitriles is 1. The Morgan fingerprint density at radius 3 is 2.83 bits per heavy atom. The van der Waals surface area contributed by atoms with E-state index in [4.69, 9.17) is 0 Å². The Bertz CT molecular complexity index is 438. The summed E-state index contributed by atoms with van der Waals surface area (Å²) in [5, 5.41) is 12.3. The molecule has 0 amide bonds. The lowest BCUT2D eigenvalue weighted by Gasteiger charge is -2.30. The third-order valence-corrected chi connectivity index (χ3v) is 3.77. The van der Waals surface area contributed by atoms with Crippen molar-refractivity contribution in [2.45, 2.75) is 38.6 Å². The normalized spacial score (nSPS) is 25.2. The predicted octanol–water partition coefficient (Wildman–Crippen LogP) is 3.96. The number of nitrogens with one attached hydrogen (secondary N) is 1. The van der Waals surface area contributed by atoms with Gasteiger partial charge in [0.15, 0.2) is 0 Å². The van der Waals surface area contributed by atoms with E-state index in [0.29, 0.717) is 17.5 Å². The quantitative estimate of drug-likeness (QED) is 0.876. The molecule has 0 aliphatic heterocycles. The highest BCUT2D eigenvalue weighted by molar-refractivity contribution is 5.46. The van der Waals surface area contributed by atoms with Gasteiger partial charge in [-0.1, -0.05) is 31.9 Å². The number of benzene rings is 1. The van der Waals surface area contributed by atoms with E-state index in [0.717, 1.165) is 12.8 Å². The summed E-state index contributed by atoms with van der Waals surface area (Å²) in [5.74, 6) is 0.710. The van der Waals surface area contributed by atoms with Crippen molar-refractivity contribution in [3.05, 3.63) is 30.1 Å². The molecule has 0 radical (unpaired) electrons. The minimum Gasteiger partial charge on any atom is -0.367 e. The number of hydrogen-bond donors (Lipinski definition) is 1. The summed E-state index contributed by atoms with van der Waals surface area (Å²) in [4.78, 5) is 0. The van der Waals surface area contributed by atoms with Gasteiger partial charge in [0.2, 0.25) is 0 Å². The van der Waals surface area contributed by atoms with Gasteiger partial charge < -0.3 is 5.32 Å². The molecule has 2 rings (SSSR count). The minimum atomic E-state index is -0.290. The fourth-order valence-electron chi connectivity index (χ4n) is 2.79. The number of nitrogens with zero attached hydrogens (tertiary/aromatic N) is 1. The van der Waals surface area contributed by atoms with Gasteiger partial charge in [-0.3, -0.25) is 0 Å². The summed E-state index contributed by atoms with van der Waals surface area (Å²) in [6, 6.07) is 8.54. The zero-order valence-corrected chi connectivity index (χ0v) is 10.7. The number of para-hydroxylation sites is 1. The SMILES string of the molecule is CC1CCCC(C(C#N)Nc2ccccc2F)C1. The van der Waals surface area contributed by atoms with Crippen molar-refractivity contribution in [3.63, 3.8) is 0 Å². The highest BCUT2D eigenvalue weighted by atomic mass is 19.1. The molecular formula is C15H19FN2. The zero-order valence-electron chi connectivity index (χ0n) is 10.7. The second-order valence-corrected chi connectivity index (χ2v) is 5.26. The van der Waals surface area contributed by atoms with Gasteiger partial charge >= 0.3 is 0 Å². The smallest absolute Gasteiger partial charge is 0.146 e. The van der Waals surface area contributed by atoms with Gasteiger partial charge in [0, 0.05) is 0 Å². The summed E-state index contributed by atoms with van der Waals surface area (Å²) in [7, 11) is 0. The highest BCUT2D eigenvalue weighted by Gasteiger charge is 2.27. The highest BCUT2D eigenvalue weighted by Crippen LogP contribution is 2.32. The average Bonchev–Trinajstić information content (AvgIpc) is 2.38. The Labute approximate surface area is 108 Å². The molecule has 1 fully saturated rings. The zero-order chi connectivity index (χ0) is 13.0. The van der Waals surface area contributed by atoms with Crippen LogP contribution in [0, 0.1) is 29.0 Å². The summed E-state index contributed by atoms with van der Waals surface area (Å²) in [6.45, 7) is 2.23. The summed E-state index contributed by atoms with van der Waals surface area (Å²) < 4.78 is 13.6. The molecule has 3 heteroatoms. The Morgan fingerprint density at radius 2 is 2.17 bits per heavy atom. The molecular weight excluding hydrogens is 227 g/mol. The molecule has 96 valence electrons. The van der Waals surface area contributed by atoms with E-state index in [1.165, 1.54) is 18.9 Å². The fraction of sp³-hybridized carbons (Fsp3) is 0.533. The topological polar surface area (TPSA) is 35.8 Å². The van der Waals surface area contributed by atoms with E-state index < -0.39 is 0 Å². The van der Waals surface area contributed by atoms with E-state index in [9.17, 15) is 9.65 Å². The Morgan fingerprint density at radius 1 is 1.39 bits per heavy atom. The number of halogens is 1. The van der Waals surface area contributed by atoms with Crippen molar-refractivity contribution in [2.75, 3.05) is 5.32 Å². The first kappa shape index (κ1) is 12.9.